The molecule has 0 atom stereocenters. The third-order valence-corrected chi connectivity index (χ3v) is 14.8. The Morgan fingerprint density at radius 1 is 0.465 bits per heavy atom. The molecule has 3 aromatic heterocycles. The van der Waals surface area contributed by atoms with E-state index in [0.717, 1.165) is 51.0 Å². The van der Waals surface area contributed by atoms with Gasteiger partial charge in [-0.1, -0.05) is 196 Å². The molecular weight excluding hydrogens is 865 g/mol. The lowest BCUT2D eigenvalue weighted by Gasteiger charge is -2.29. The van der Waals surface area contributed by atoms with Crippen molar-refractivity contribution in [3.05, 3.63) is 209 Å². The highest BCUT2D eigenvalue weighted by Crippen LogP contribution is 2.46. The minimum atomic E-state index is -0.399. The number of imidazole rings is 1. The van der Waals surface area contributed by atoms with E-state index in [2.05, 4.69) is 283 Å². The molecule has 0 spiro atoms. The van der Waals surface area contributed by atoms with Crippen LogP contribution in [0.25, 0.3) is 39.0 Å². The number of nitrogens with zero attached hydrogens (tertiary/aromatic N) is 4. The molecule has 0 bridgehead atoms. The first kappa shape index (κ1) is 49.3. The highest BCUT2D eigenvalue weighted by molar-refractivity contribution is 6.11. The number of pyridine rings is 1. The zero-order valence-electron chi connectivity index (χ0n) is 45.2. The van der Waals surface area contributed by atoms with E-state index in [9.17, 15) is 0 Å². The maximum absolute atomic E-state index is 7.41. The molecule has 5 heteroatoms. The lowest BCUT2D eigenvalue weighted by atomic mass is 9.76. The van der Waals surface area contributed by atoms with Gasteiger partial charge < -0.3 is 4.74 Å². The van der Waals surface area contributed by atoms with Gasteiger partial charge in [0.15, 0.2) is 0 Å². The van der Waals surface area contributed by atoms with E-state index in [1.165, 1.54) is 44.2 Å². The second-order valence-corrected chi connectivity index (χ2v) is 25.0. The predicted octanol–water partition coefficient (Wildman–Crippen LogP) is 16.7. The largest absolute Gasteiger partial charge is 0.458 e. The highest BCUT2D eigenvalue weighted by Gasteiger charge is 2.32. The lowest BCUT2D eigenvalue weighted by Crippen LogP contribution is -2.30. The second-order valence-electron chi connectivity index (χ2n) is 25.0. The monoisotopic (exact) mass is 939 g/mol. The van der Waals surface area contributed by atoms with Crippen LogP contribution in [-0.2, 0) is 32.5 Å². The second kappa shape index (κ2) is 17.5. The van der Waals surface area contributed by atoms with Gasteiger partial charge in [0.2, 0.25) is 0 Å². The zero-order valence-corrected chi connectivity index (χ0v) is 45.2. The number of rotatable bonds is 9. The fourth-order valence-corrected chi connectivity index (χ4v) is 10.0. The minimum absolute atomic E-state index is 0.0316. The van der Waals surface area contributed by atoms with Gasteiger partial charge in [0.05, 0.1) is 28.1 Å². The number of para-hydroxylation sites is 1. The van der Waals surface area contributed by atoms with Crippen LogP contribution in [0.5, 0.6) is 11.5 Å². The third kappa shape index (κ3) is 9.49. The molecule has 0 aliphatic heterocycles. The van der Waals surface area contributed by atoms with Crippen LogP contribution >= 0.6 is 0 Å². The van der Waals surface area contributed by atoms with Gasteiger partial charge in [0.1, 0.15) is 17.3 Å². The van der Waals surface area contributed by atoms with Crippen molar-refractivity contribution in [3.63, 3.8) is 0 Å². The lowest BCUT2D eigenvalue weighted by molar-refractivity contribution is -0.599. The van der Waals surface area contributed by atoms with Gasteiger partial charge in [-0.25, -0.2) is 4.98 Å². The fourth-order valence-electron chi connectivity index (χ4n) is 10.0. The summed E-state index contributed by atoms with van der Waals surface area (Å²) < 4.78 is 14.2. The van der Waals surface area contributed by atoms with E-state index in [4.69, 9.17) is 9.72 Å². The molecule has 0 fully saturated rings. The van der Waals surface area contributed by atoms with Crippen LogP contribution < -0.4 is 9.30 Å². The van der Waals surface area contributed by atoms with Crippen LogP contribution in [0.4, 0.5) is 0 Å². The van der Waals surface area contributed by atoms with E-state index in [-0.39, 0.29) is 27.1 Å². The molecule has 0 amide bonds. The molecule has 364 valence electrons. The smallest absolute Gasteiger partial charge is 0.269 e. The van der Waals surface area contributed by atoms with Crippen molar-refractivity contribution in [3.8, 4) is 28.7 Å². The van der Waals surface area contributed by atoms with Crippen LogP contribution in [0.2, 0.25) is 0 Å². The number of hydrogen-bond donors (Lipinski definition) is 0. The van der Waals surface area contributed by atoms with Gasteiger partial charge in [-0.15, -0.1) is 0 Å². The van der Waals surface area contributed by atoms with Gasteiger partial charge in [0.25, 0.3) is 6.33 Å². The van der Waals surface area contributed by atoms with Gasteiger partial charge >= 0.3 is 0 Å². The van der Waals surface area contributed by atoms with E-state index in [0.29, 0.717) is 0 Å². The summed E-state index contributed by atoms with van der Waals surface area (Å²) in [6.45, 7) is 36.7. The molecule has 9 rings (SSSR count). The molecule has 0 aliphatic carbocycles. The van der Waals surface area contributed by atoms with Crippen LogP contribution in [-0.4, -0.2) is 14.1 Å². The Bertz CT molecular complexity index is 3380. The summed E-state index contributed by atoms with van der Waals surface area (Å²) in [4.78, 5) is 5.07. The Morgan fingerprint density at radius 3 is 1.62 bits per heavy atom. The van der Waals surface area contributed by atoms with Crippen molar-refractivity contribution in [1.82, 2.24) is 14.1 Å². The summed E-state index contributed by atoms with van der Waals surface area (Å²) in [5.74, 6) is 2.38. The van der Waals surface area contributed by atoms with Crippen molar-refractivity contribution >= 4 is 21.8 Å². The number of ether oxygens (including phenoxy) is 1. The number of fused-ring (bicyclic) bond motifs is 3. The summed E-state index contributed by atoms with van der Waals surface area (Å²) >= 11 is 0. The molecule has 5 nitrogen and oxygen atoms in total. The Hall–Kier alpha value is -6.72. The summed E-state index contributed by atoms with van der Waals surface area (Å²) in [6, 6.07) is 53.1. The number of benzene rings is 6. The van der Waals surface area contributed by atoms with E-state index in [1.807, 2.05) is 6.20 Å². The summed E-state index contributed by atoms with van der Waals surface area (Å²) in [5, 5.41) is 2.37. The van der Waals surface area contributed by atoms with Crippen molar-refractivity contribution in [2.75, 3.05) is 0 Å². The van der Waals surface area contributed by atoms with E-state index in [1.54, 1.807) is 0 Å². The van der Waals surface area contributed by atoms with Crippen LogP contribution in [0, 0.1) is 6.33 Å². The van der Waals surface area contributed by atoms with E-state index >= 15 is 0 Å². The summed E-state index contributed by atoms with van der Waals surface area (Å²) in [7, 11) is 0. The van der Waals surface area contributed by atoms with Crippen molar-refractivity contribution in [1.29, 1.82) is 0 Å². The van der Waals surface area contributed by atoms with Crippen molar-refractivity contribution < 1.29 is 9.30 Å². The maximum Gasteiger partial charge on any atom is 0.269 e. The van der Waals surface area contributed by atoms with Crippen molar-refractivity contribution in [2.24, 2.45) is 0 Å². The Kier molecular flexibility index (Phi) is 12.2. The van der Waals surface area contributed by atoms with Crippen LogP contribution in [0.3, 0.4) is 0 Å². The average molecular weight is 939 g/mol. The Balaban J connectivity index is 1.30. The van der Waals surface area contributed by atoms with E-state index < -0.39 is 5.41 Å². The molecule has 9 aromatic rings. The first-order valence-corrected chi connectivity index (χ1v) is 25.4. The van der Waals surface area contributed by atoms with Gasteiger partial charge in [-0.05, 0) is 115 Å². The predicted molar refractivity (Wildman–Crippen MR) is 297 cm³/mol. The normalized spacial score (nSPS) is 13.1. The molecular formula is C66H74N4O. The SMILES string of the molecule is CC(C)(C)c1cc(-[n+]2[c-]n(-c3cc(Oc4cc(C(C)(C)c5ccccc5)c5c6ccccc6n(-c6cc(C(C)(C)C)ccn6)c5c4)cc(C(C)(C)c4ccccc4)c3)c(C(C)(C)C)c2)cc(C(C)(C)C)c1. The Labute approximate surface area is 424 Å². The molecule has 3 heterocycles. The van der Waals surface area contributed by atoms with Crippen molar-refractivity contribution in [2.45, 2.75) is 143 Å². The van der Waals surface area contributed by atoms with Crippen LogP contribution in [0.1, 0.15) is 155 Å². The van der Waals surface area contributed by atoms with Gasteiger partial charge in [0, 0.05) is 40.1 Å². The third-order valence-electron chi connectivity index (χ3n) is 14.8. The number of hydrogen-bond acceptors (Lipinski definition) is 2. The topological polar surface area (TPSA) is 35.9 Å². The summed E-state index contributed by atoms with van der Waals surface area (Å²) in [6.07, 6.45) is 8.11. The minimum Gasteiger partial charge on any atom is -0.458 e. The first-order valence-electron chi connectivity index (χ1n) is 25.4. The first-order chi connectivity index (χ1) is 33.2. The molecule has 0 radical (unpaired) electrons. The molecule has 6 aromatic carbocycles. The molecule has 0 N–H and O–H groups in total. The quantitative estimate of drug-likeness (QED) is 0.107. The molecule has 0 saturated carbocycles. The highest BCUT2D eigenvalue weighted by atomic mass is 16.5. The van der Waals surface area contributed by atoms with Gasteiger partial charge in [-0.2, -0.15) is 0 Å². The van der Waals surface area contributed by atoms with Crippen LogP contribution in [0.15, 0.2) is 158 Å². The molecule has 71 heavy (non-hydrogen) atoms. The number of aromatic nitrogens is 4. The Morgan fingerprint density at radius 2 is 1.03 bits per heavy atom. The summed E-state index contributed by atoms with van der Waals surface area (Å²) in [5.41, 5.74) is 12.9. The average Bonchev–Trinajstić information content (AvgIpc) is 3.92. The fraction of sp³-hybridized carbons (Fsp3) is 0.333. The zero-order chi connectivity index (χ0) is 51.1. The molecule has 0 saturated heterocycles. The molecule has 0 unspecified atom stereocenters. The maximum atomic E-state index is 7.41. The van der Waals surface area contributed by atoms with Gasteiger partial charge in [-0.3, -0.25) is 13.7 Å². The molecule has 0 aliphatic rings. The standard InChI is InChI=1S/C66H74N4O/c1-61(2,3)46-31-32-67-59(38-46)70-56-30-24-23-29-54(56)60-55(66(15,16)45-27-21-18-22-28-45)40-53(41-57(60)70)71-52-37-49(65(13,14)44-25-19-17-20-26-44)36-51(39-52)69-43-68(42-58(69)64(10,11)12)50-34-47(62(4,5)6)33-48(35-50)63(7,8)9/h17-42H,1-16H3.